The molecule has 4 nitrogen and oxygen atoms in total. The minimum absolute atomic E-state index is 0.572. The molecule has 2 rings (SSSR count). The van der Waals surface area contributed by atoms with Crippen LogP contribution in [0.4, 0.5) is 0 Å². The van der Waals surface area contributed by atoms with Crippen molar-refractivity contribution in [3.8, 4) is 11.5 Å². The molecule has 0 atom stereocenters. The zero-order valence-corrected chi connectivity index (χ0v) is 13.1. The van der Waals surface area contributed by atoms with Crippen molar-refractivity contribution in [1.29, 1.82) is 0 Å². The summed E-state index contributed by atoms with van der Waals surface area (Å²) in [6.45, 7) is 2.30. The highest BCUT2D eigenvalue weighted by atomic mass is 16.5. The summed E-state index contributed by atoms with van der Waals surface area (Å²) in [7, 11) is 3.32. The first-order valence-electron chi connectivity index (χ1n) is 7.23. The molecule has 0 saturated carbocycles. The van der Waals surface area contributed by atoms with E-state index in [-0.39, 0.29) is 0 Å². The van der Waals surface area contributed by atoms with Crippen LogP contribution in [-0.4, -0.2) is 27.4 Å². The Morgan fingerprint density at radius 3 is 1.27 bits per heavy atom. The fourth-order valence-electron chi connectivity index (χ4n) is 1.94. The minimum atomic E-state index is 0.572. The van der Waals surface area contributed by atoms with Crippen LogP contribution in [0.5, 0.6) is 11.5 Å². The molecule has 0 bridgehead atoms. The molecule has 0 aromatic heterocycles. The zero-order valence-electron chi connectivity index (χ0n) is 13.1. The molecule has 2 aromatic carbocycles. The van der Waals surface area contributed by atoms with Gasteiger partial charge in [0.1, 0.15) is 11.5 Å². The molecule has 0 unspecified atom stereocenters. The Kier molecular flexibility index (Phi) is 6.74. The number of ether oxygens (including phenoxy) is 4. The molecule has 0 N–H and O–H groups in total. The van der Waals surface area contributed by atoms with Crippen LogP contribution in [0.15, 0.2) is 48.5 Å². The predicted octanol–water partition coefficient (Wildman–Crippen LogP) is 3.44. The number of rotatable bonds is 9. The topological polar surface area (TPSA) is 36.9 Å². The third kappa shape index (κ3) is 5.39. The van der Waals surface area contributed by atoms with E-state index >= 15 is 0 Å². The molecule has 118 valence electrons. The van der Waals surface area contributed by atoms with Gasteiger partial charge in [0.25, 0.3) is 0 Å². The lowest BCUT2D eigenvalue weighted by molar-refractivity contribution is 0.0338. The van der Waals surface area contributed by atoms with Gasteiger partial charge in [-0.1, -0.05) is 24.3 Å². The van der Waals surface area contributed by atoms with E-state index in [1.165, 1.54) is 0 Å². The second-order valence-corrected chi connectivity index (χ2v) is 4.80. The third-order valence-corrected chi connectivity index (χ3v) is 3.23. The molecule has 0 fully saturated rings. The summed E-state index contributed by atoms with van der Waals surface area (Å²) in [4.78, 5) is 0. The molecule has 0 radical (unpaired) electrons. The Labute approximate surface area is 131 Å². The molecular formula is C18H22O4. The molecule has 0 aliphatic rings. The molecule has 2 aromatic rings. The van der Waals surface area contributed by atoms with E-state index in [1.807, 2.05) is 48.5 Å². The van der Waals surface area contributed by atoms with E-state index in [4.69, 9.17) is 18.9 Å². The average molecular weight is 302 g/mol. The Hall–Kier alpha value is -2.04. The minimum Gasteiger partial charge on any atom is -0.497 e. The highest BCUT2D eigenvalue weighted by Gasteiger charge is 1.97. The van der Waals surface area contributed by atoms with Crippen molar-refractivity contribution in [2.45, 2.75) is 13.2 Å². The number of hydrogen-bond acceptors (Lipinski definition) is 4. The summed E-state index contributed by atoms with van der Waals surface area (Å²) in [5, 5.41) is 0. The highest BCUT2D eigenvalue weighted by Crippen LogP contribution is 2.13. The van der Waals surface area contributed by atoms with Gasteiger partial charge in [-0.2, -0.15) is 0 Å². The first-order chi connectivity index (χ1) is 10.8. The SMILES string of the molecule is COc1ccc(COCCOCc2ccc(OC)cc2)cc1. The molecule has 0 spiro atoms. The Morgan fingerprint density at radius 1 is 0.591 bits per heavy atom. The quantitative estimate of drug-likeness (QED) is 0.665. The first-order valence-corrected chi connectivity index (χ1v) is 7.23. The lowest BCUT2D eigenvalue weighted by atomic mass is 10.2. The first kappa shape index (κ1) is 16.3. The normalized spacial score (nSPS) is 10.5. The van der Waals surface area contributed by atoms with Gasteiger partial charge in [-0.05, 0) is 35.4 Å². The fourth-order valence-corrected chi connectivity index (χ4v) is 1.94. The van der Waals surface area contributed by atoms with Crippen molar-refractivity contribution >= 4 is 0 Å². The Morgan fingerprint density at radius 2 is 0.955 bits per heavy atom. The predicted molar refractivity (Wildman–Crippen MR) is 85.3 cm³/mol. The second kappa shape index (κ2) is 9.07. The van der Waals surface area contributed by atoms with Crippen LogP contribution >= 0.6 is 0 Å². The van der Waals surface area contributed by atoms with Crippen LogP contribution in [0, 0.1) is 0 Å². The van der Waals surface area contributed by atoms with Crippen LogP contribution in [0.1, 0.15) is 11.1 Å². The van der Waals surface area contributed by atoms with Gasteiger partial charge in [0.15, 0.2) is 0 Å². The van der Waals surface area contributed by atoms with Crippen LogP contribution in [0.25, 0.3) is 0 Å². The van der Waals surface area contributed by atoms with Gasteiger partial charge in [0.05, 0.1) is 40.6 Å². The van der Waals surface area contributed by atoms with Crippen LogP contribution in [0.3, 0.4) is 0 Å². The van der Waals surface area contributed by atoms with Crippen LogP contribution in [0.2, 0.25) is 0 Å². The van der Waals surface area contributed by atoms with Crippen molar-refractivity contribution < 1.29 is 18.9 Å². The van der Waals surface area contributed by atoms with Crippen molar-refractivity contribution in [3.05, 3.63) is 59.7 Å². The van der Waals surface area contributed by atoms with Gasteiger partial charge >= 0.3 is 0 Å². The number of benzene rings is 2. The van der Waals surface area contributed by atoms with Gasteiger partial charge in [-0.25, -0.2) is 0 Å². The van der Waals surface area contributed by atoms with E-state index in [2.05, 4.69) is 0 Å². The third-order valence-electron chi connectivity index (χ3n) is 3.23. The summed E-state index contributed by atoms with van der Waals surface area (Å²) in [6, 6.07) is 15.7. The maximum absolute atomic E-state index is 5.58. The molecule has 4 heteroatoms. The lowest BCUT2D eigenvalue weighted by Gasteiger charge is -2.07. The Balaban J connectivity index is 1.58. The smallest absolute Gasteiger partial charge is 0.118 e. The number of methoxy groups -OCH3 is 2. The van der Waals surface area contributed by atoms with Gasteiger partial charge in [0.2, 0.25) is 0 Å². The average Bonchev–Trinajstić information content (AvgIpc) is 2.59. The highest BCUT2D eigenvalue weighted by molar-refractivity contribution is 5.27. The standard InChI is InChI=1S/C18H22O4/c1-19-17-7-3-15(4-8-17)13-21-11-12-22-14-16-5-9-18(20-2)10-6-16/h3-10H,11-14H2,1-2H3. The lowest BCUT2D eigenvalue weighted by Crippen LogP contribution is -2.04. The van der Waals surface area contributed by atoms with Crippen LogP contribution in [-0.2, 0) is 22.7 Å². The monoisotopic (exact) mass is 302 g/mol. The maximum atomic E-state index is 5.58. The molecular weight excluding hydrogens is 280 g/mol. The van der Waals surface area contributed by atoms with Crippen molar-refractivity contribution in [3.63, 3.8) is 0 Å². The van der Waals surface area contributed by atoms with E-state index in [0.717, 1.165) is 22.6 Å². The Bertz CT molecular complexity index is 483. The van der Waals surface area contributed by atoms with E-state index in [9.17, 15) is 0 Å². The molecule has 0 aliphatic heterocycles. The van der Waals surface area contributed by atoms with Crippen molar-refractivity contribution in [2.75, 3.05) is 27.4 Å². The zero-order chi connectivity index (χ0) is 15.6. The van der Waals surface area contributed by atoms with E-state index < -0.39 is 0 Å². The molecule has 0 saturated heterocycles. The van der Waals surface area contributed by atoms with Gasteiger partial charge in [0, 0.05) is 0 Å². The molecule has 0 heterocycles. The van der Waals surface area contributed by atoms with Crippen molar-refractivity contribution in [1.82, 2.24) is 0 Å². The summed E-state index contributed by atoms with van der Waals surface area (Å²) in [5.74, 6) is 1.71. The number of hydrogen-bond donors (Lipinski definition) is 0. The molecule has 22 heavy (non-hydrogen) atoms. The van der Waals surface area contributed by atoms with Gasteiger partial charge < -0.3 is 18.9 Å². The summed E-state index contributed by atoms with van der Waals surface area (Å²) in [5.41, 5.74) is 2.24. The van der Waals surface area contributed by atoms with E-state index in [1.54, 1.807) is 14.2 Å². The van der Waals surface area contributed by atoms with E-state index in [0.29, 0.717) is 26.4 Å². The van der Waals surface area contributed by atoms with Gasteiger partial charge in [-0.3, -0.25) is 0 Å². The molecule has 0 aliphatic carbocycles. The summed E-state index contributed by atoms with van der Waals surface area (Å²) < 4.78 is 21.4. The maximum Gasteiger partial charge on any atom is 0.118 e. The largest absolute Gasteiger partial charge is 0.497 e. The summed E-state index contributed by atoms with van der Waals surface area (Å²) >= 11 is 0. The van der Waals surface area contributed by atoms with Crippen LogP contribution < -0.4 is 9.47 Å². The fraction of sp³-hybridized carbons (Fsp3) is 0.333. The second-order valence-electron chi connectivity index (χ2n) is 4.80. The summed E-state index contributed by atoms with van der Waals surface area (Å²) in [6.07, 6.45) is 0. The van der Waals surface area contributed by atoms with Gasteiger partial charge in [-0.15, -0.1) is 0 Å². The molecule has 0 amide bonds. The van der Waals surface area contributed by atoms with Crippen molar-refractivity contribution in [2.24, 2.45) is 0 Å².